The second kappa shape index (κ2) is 6.73. The van der Waals surface area contributed by atoms with Gasteiger partial charge in [0.2, 0.25) is 0 Å². The number of aromatic nitrogens is 3. The van der Waals surface area contributed by atoms with E-state index >= 15 is 0 Å². The fourth-order valence-corrected chi connectivity index (χ4v) is 3.70. The predicted molar refractivity (Wildman–Crippen MR) is 100 cm³/mol. The van der Waals surface area contributed by atoms with Gasteiger partial charge in [0.25, 0.3) is 0 Å². The van der Waals surface area contributed by atoms with Crippen molar-refractivity contribution < 1.29 is 17.6 Å². The maximum atomic E-state index is 14.7. The van der Waals surface area contributed by atoms with Crippen molar-refractivity contribution in [3.8, 4) is 11.3 Å². The molecule has 4 rings (SSSR count). The number of rotatable bonds is 4. The lowest BCUT2D eigenvalue weighted by molar-refractivity contribution is -0.141. The Morgan fingerprint density at radius 2 is 1.96 bits per heavy atom. The Kier molecular flexibility index (Phi) is 4.49. The first-order chi connectivity index (χ1) is 13.2. The third kappa shape index (κ3) is 3.54. The summed E-state index contributed by atoms with van der Waals surface area (Å²) in [6.45, 7) is 1.92. The van der Waals surface area contributed by atoms with Crippen LogP contribution in [0, 0.1) is 12.7 Å². The Hall–Kier alpha value is -2.68. The molecule has 2 aromatic heterocycles. The molecule has 1 aromatic carbocycles. The number of benzene rings is 1. The summed E-state index contributed by atoms with van der Waals surface area (Å²) in [5.74, 6) is -0.623. The maximum Gasteiger partial charge on any atom is 0.435 e. The first-order valence-corrected chi connectivity index (χ1v) is 9.39. The summed E-state index contributed by atoms with van der Waals surface area (Å²) in [6, 6.07) is 5.25. The summed E-state index contributed by atoms with van der Waals surface area (Å²) in [7, 11) is 1.36. The zero-order valence-corrected chi connectivity index (χ0v) is 15.9. The second-order valence-electron chi connectivity index (χ2n) is 6.65. The summed E-state index contributed by atoms with van der Waals surface area (Å²) in [5, 5.41) is 8.64. The lowest BCUT2D eigenvalue weighted by Gasteiger charge is -2.12. The highest BCUT2D eigenvalue weighted by molar-refractivity contribution is 7.03. The van der Waals surface area contributed by atoms with Crippen molar-refractivity contribution >= 4 is 22.9 Å². The fourth-order valence-electron chi connectivity index (χ4n) is 2.99. The lowest BCUT2D eigenvalue weighted by Crippen LogP contribution is -2.06. The van der Waals surface area contributed by atoms with E-state index in [0.29, 0.717) is 5.69 Å². The molecule has 3 aromatic rings. The SMILES string of the molecule is Cc1nscc1C(Nc1ccc(-c2cc(C(F)(F)F)nn2C)c(F)c1)=C1CC1. The second-order valence-corrected chi connectivity index (χ2v) is 7.28. The van der Waals surface area contributed by atoms with Crippen LogP contribution in [0.15, 0.2) is 35.2 Å². The van der Waals surface area contributed by atoms with Crippen molar-refractivity contribution in [3.63, 3.8) is 0 Å². The average Bonchev–Trinajstić information content (AvgIpc) is 3.25. The van der Waals surface area contributed by atoms with Crippen molar-refractivity contribution in [3.05, 3.63) is 58.0 Å². The van der Waals surface area contributed by atoms with Crippen molar-refractivity contribution in [2.75, 3.05) is 5.32 Å². The predicted octanol–water partition coefficient (Wildman–Crippen LogP) is 5.63. The molecule has 0 radical (unpaired) electrons. The van der Waals surface area contributed by atoms with E-state index in [9.17, 15) is 17.6 Å². The Bertz CT molecular complexity index is 1070. The third-order valence-corrected chi connectivity index (χ3v) is 5.28. The molecule has 0 unspecified atom stereocenters. The van der Waals surface area contributed by atoms with Gasteiger partial charge in [0, 0.05) is 34.9 Å². The molecule has 1 aliphatic rings. The molecular formula is C19H16F4N4S. The van der Waals surface area contributed by atoms with Gasteiger partial charge in [0.1, 0.15) is 5.82 Å². The summed E-state index contributed by atoms with van der Waals surface area (Å²) < 4.78 is 58.6. The highest BCUT2D eigenvalue weighted by atomic mass is 32.1. The maximum absolute atomic E-state index is 14.7. The number of halogens is 4. The molecule has 1 aliphatic carbocycles. The molecule has 0 amide bonds. The van der Waals surface area contributed by atoms with E-state index in [1.165, 1.54) is 36.3 Å². The van der Waals surface area contributed by atoms with Crippen LogP contribution in [0.5, 0.6) is 0 Å². The van der Waals surface area contributed by atoms with Crippen LogP contribution in [-0.2, 0) is 13.2 Å². The molecule has 0 aliphatic heterocycles. The molecule has 1 saturated carbocycles. The lowest BCUT2D eigenvalue weighted by atomic mass is 10.1. The number of nitrogens with one attached hydrogen (secondary N) is 1. The molecule has 0 bridgehead atoms. The third-order valence-electron chi connectivity index (χ3n) is 4.56. The van der Waals surface area contributed by atoms with Crippen LogP contribution in [0.1, 0.15) is 29.8 Å². The van der Waals surface area contributed by atoms with Crippen LogP contribution in [0.3, 0.4) is 0 Å². The van der Waals surface area contributed by atoms with Gasteiger partial charge in [-0.2, -0.15) is 22.6 Å². The van der Waals surface area contributed by atoms with Gasteiger partial charge in [-0.15, -0.1) is 0 Å². The fraction of sp³-hybridized carbons (Fsp3) is 0.263. The topological polar surface area (TPSA) is 42.7 Å². The highest BCUT2D eigenvalue weighted by Gasteiger charge is 2.35. The Morgan fingerprint density at radius 3 is 2.50 bits per heavy atom. The molecule has 4 nitrogen and oxygen atoms in total. The zero-order valence-electron chi connectivity index (χ0n) is 15.1. The number of hydrogen-bond donors (Lipinski definition) is 1. The minimum absolute atomic E-state index is 0.0602. The Morgan fingerprint density at radius 1 is 1.21 bits per heavy atom. The first kappa shape index (κ1) is 18.7. The molecular weight excluding hydrogens is 392 g/mol. The summed E-state index contributed by atoms with van der Waals surface area (Å²) in [4.78, 5) is 0. The number of aryl methyl sites for hydroxylation is 2. The smallest absolute Gasteiger partial charge is 0.355 e. The van der Waals surface area contributed by atoms with E-state index < -0.39 is 17.7 Å². The quantitative estimate of drug-likeness (QED) is 0.569. The number of anilines is 1. The molecule has 9 heteroatoms. The van der Waals surface area contributed by atoms with Crippen LogP contribution >= 0.6 is 11.5 Å². The van der Waals surface area contributed by atoms with Gasteiger partial charge in [-0.25, -0.2) is 4.39 Å². The van der Waals surface area contributed by atoms with Crippen molar-refractivity contribution in [1.82, 2.24) is 14.2 Å². The van der Waals surface area contributed by atoms with Crippen LogP contribution in [0.25, 0.3) is 17.0 Å². The van der Waals surface area contributed by atoms with E-state index in [-0.39, 0.29) is 11.3 Å². The summed E-state index contributed by atoms with van der Waals surface area (Å²) in [6.07, 6.45) is -2.62. The van der Waals surface area contributed by atoms with Crippen molar-refractivity contribution in [2.24, 2.45) is 7.05 Å². The Labute approximate surface area is 162 Å². The monoisotopic (exact) mass is 408 g/mol. The van der Waals surface area contributed by atoms with E-state index in [2.05, 4.69) is 14.8 Å². The molecule has 0 spiro atoms. The van der Waals surface area contributed by atoms with Crippen molar-refractivity contribution in [2.45, 2.75) is 25.9 Å². The normalized spacial score (nSPS) is 13.7. The summed E-state index contributed by atoms with van der Waals surface area (Å²) >= 11 is 1.36. The Balaban J connectivity index is 1.65. The van der Waals surface area contributed by atoms with Gasteiger partial charge < -0.3 is 5.32 Å². The van der Waals surface area contributed by atoms with Gasteiger partial charge in [-0.3, -0.25) is 4.68 Å². The van der Waals surface area contributed by atoms with E-state index in [1.54, 1.807) is 6.07 Å². The molecule has 2 heterocycles. The van der Waals surface area contributed by atoms with Gasteiger partial charge >= 0.3 is 6.18 Å². The van der Waals surface area contributed by atoms with Crippen LogP contribution in [0.2, 0.25) is 0 Å². The van der Waals surface area contributed by atoms with E-state index in [0.717, 1.165) is 40.5 Å². The molecule has 1 fully saturated rings. The molecule has 146 valence electrons. The largest absolute Gasteiger partial charge is 0.435 e. The van der Waals surface area contributed by atoms with E-state index in [4.69, 9.17) is 0 Å². The highest BCUT2D eigenvalue weighted by Crippen LogP contribution is 2.39. The van der Waals surface area contributed by atoms with E-state index in [1.807, 2.05) is 12.3 Å². The number of allylic oxidation sites excluding steroid dienone is 1. The summed E-state index contributed by atoms with van der Waals surface area (Å²) in [5.41, 5.74) is 3.67. The minimum Gasteiger partial charge on any atom is -0.355 e. The van der Waals surface area contributed by atoms with Gasteiger partial charge in [0.15, 0.2) is 5.69 Å². The van der Waals surface area contributed by atoms with Gasteiger partial charge in [-0.1, -0.05) is 0 Å². The molecule has 0 atom stereocenters. The zero-order chi connectivity index (χ0) is 20.1. The minimum atomic E-state index is -4.58. The molecule has 0 saturated heterocycles. The molecule has 1 N–H and O–H groups in total. The standard InChI is InChI=1S/C19H16F4N4S/c1-10-14(9-28-26-10)18(11-3-4-11)24-12-5-6-13(15(20)7-12)16-8-17(19(21,22)23)25-27(16)2/h5-9,24H,3-4H2,1-2H3. The molecule has 28 heavy (non-hydrogen) atoms. The van der Waals surface area contributed by atoms with Crippen LogP contribution in [-0.4, -0.2) is 14.2 Å². The first-order valence-electron chi connectivity index (χ1n) is 8.55. The van der Waals surface area contributed by atoms with Crippen molar-refractivity contribution in [1.29, 1.82) is 0 Å². The van der Waals surface area contributed by atoms with Gasteiger partial charge in [-0.05, 0) is 61.1 Å². The van der Waals surface area contributed by atoms with Crippen LogP contribution in [0.4, 0.5) is 23.2 Å². The average molecular weight is 408 g/mol. The number of alkyl halides is 3. The number of hydrogen-bond acceptors (Lipinski definition) is 4. The van der Waals surface area contributed by atoms with Gasteiger partial charge in [0.05, 0.1) is 11.4 Å². The van der Waals surface area contributed by atoms with Crippen LogP contribution < -0.4 is 5.32 Å². The number of nitrogens with zero attached hydrogens (tertiary/aromatic N) is 3.